The first-order valence-electron chi connectivity index (χ1n) is 5.13. The third kappa shape index (κ3) is 3.18. The Morgan fingerprint density at radius 2 is 1.88 bits per heavy atom. The summed E-state index contributed by atoms with van der Waals surface area (Å²) in [6.07, 6.45) is -1.34. The highest BCUT2D eigenvalue weighted by molar-refractivity contribution is 5.00. The van der Waals surface area contributed by atoms with E-state index in [2.05, 4.69) is 10.3 Å². The molecule has 1 rings (SSSR count). The van der Waals surface area contributed by atoms with Gasteiger partial charge in [0.1, 0.15) is 0 Å². The number of nitrogens with zero attached hydrogens (tertiary/aromatic N) is 3. The van der Waals surface area contributed by atoms with Gasteiger partial charge in [-0.2, -0.15) is 17.6 Å². The molecule has 1 aromatic heterocycles. The van der Waals surface area contributed by atoms with Crippen LogP contribution in [0.25, 0.3) is 0 Å². The first kappa shape index (κ1) is 12.9. The molecule has 16 heavy (non-hydrogen) atoms. The molecule has 0 spiro atoms. The van der Waals surface area contributed by atoms with E-state index < -0.39 is 17.8 Å². The number of aromatic nitrogens is 3. The molecule has 0 aliphatic rings. The number of rotatable bonds is 5. The monoisotopic (exact) mass is 239 g/mol. The Morgan fingerprint density at radius 3 is 2.38 bits per heavy atom. The summed E-state index contributed by atoms with van der Waals surface area (Å²) in [6.45, 7) is 2.15. The van der Waals surface area contributed by atoms with Gasteiger partial charge in [0, 0.05) is 6.54 Å². The lowest BCUT2D eigenvalue weighted by Gasteiger charge is -2.02. The van der Waals surface area contributed by atoms with Gasteiger partial charge in [0.2, 0.25) is 11.6 Å². The smallest absolute Gasteiger partial charge is 0.219 e. The molecule has 0 saturated heterocycles. The first-order valence-corrected chi connectivity index (χ1v) is 5.13. The predicted octanol–water partition coefficient (Wildman–Crippen LogP) is 3.02. The van der Waals surface area contributed by atoms with Crippen LogP contribution in [0.4, 0.5) is 17.6 Å². The number of alkyl halides is 3. The normalized spacial score (nSPS) is 12.1. The van der Waals surface area contributed by atoms with Crippen molar-refractivity contribution in [3.63, 3.8) is 0 Å². The lowest BCUT2D eigenvalue weighted by Crippen LogP contribution is -2.10. The lowest BCUT2D eigenvalue weighted by molar-refractivity contribution is -0.143. The maximum atomic E-state index is 13.2. The Hall–Kier alpha value is -1.14. The molecule has 0 unspecified atom stereocenters. The fourth-order valence-electron chi connectivity index (χ4n) is 1.31. The highest BCUT2D eigenvalue weighted by Crippen LogP contribution is 2.29. The molecule has 0 bridgehead atoms. The molecule has 0 aromatic carbocycles. The summed E-state index contributed by atoms with van der Waals surface area (Å²) in [7, 11) is 0. The maximum Gasteiger partial charge on any atom is 0.439 e. The fraction of sp³-hybridized carbons (Fsp3) is 0.778. The third-order valence-electron chi connectivity index (χ3n) is 2.17. The standard InChI is InChI=1S/C9H13F4N3/c1-2-3-4-5-6-16-8(10)7(14-15-16)9(11,12)13/h2-6H2,1H3. The van der Waals surface area contributed by atoms with Crippen molar-refractivity contribution in [1.82, 2.24) is 15.0 Å². The van der Waals surface area contributed by atoms with Gasteiger partial charge in [-0.05, 0) is 6.42 Å². The molecule has 0 N–H and O–H groups in total. The second-order valence-corrected chi connectivity index (χ2v) is 3.51. The van der Waals surface area contributed by atoms with Crippen LogP contribution >= 0.6 is 0 Å². The number of halogens is 4. The van der Waals surface area contributed by atoms with Crippen molar-refractivity contribution in [1.29, 1.82) is 0 Å². The Bertz CT molecular complexity index is 332. The number of hydrogen-bond acceptors (Lipinski definition) is 2. The van der Waals surface area contributed by atoms with Crippen molar-refractivity contribution in [2.75, 3.05) is 0 Å². The molecule has 0 aliphatic heterocycles. The van der Waals surface area contributed by atoms with Gasteiger partial charge in [-0.25, -0.2) is 4.68 Å². The van der Waals surface area contributed by atoms with E-state index >= 15 is 0 Å². The Morgan fingerprint density at radius 1 is 1.19 bits per heavy atom. The van der Waals surface area contributed by atoms with Crippen LogP contribution in [0.15, 0.2) is 0 Å². The summed E-state index contributed by atoms with van der Waals surface area (Å²) in [6, 6.07) is 0. The summed E-state index contributed by atoms with van der Waals surface area (Å²) >= 11 is 0. The summed E-state index contributed by atoms with van der Waals surface area (Å²) in [5.74, 6) is -1.40. The van der Waals surface area contributed by atoms with E-state index in [9.17, 15) is 17.6 Å². The van der Waals surface area contributed by atoms with E-state index in [-0.39, 0.29) is 6.54 Å². The van der Waals surface area contributed by atoms with Crippen molar-refractivity contribution in [2.45, 2.75) is 45.3 Å². The first-order chi connectivity index (χ1) is 7.46. The van der Waals surface area contributed by atoms with E-state index in [0.29, 0.717) is 11.1 Å². The zero-order valence-electron chi connectivity index (χ0n) is 8.89. The summed E-state index contributed by atoms with van der Waals surface area (Å²) in [5, 5.41) is 5.95. The predicted molar refractivity (Wildman–Crippen MR) is 49.1 cm³/mol. The van der Waals surface area contributed by atoms with Crippen LogP contribution in [0.2, 0.25) is 0 Å². The van der Waals surface area contributed by atoms with Gasteiger partial charge in [0.25, 0.3) is 0 Å². The average Bonchev–Trinajstić information content (AvgIpc) is 2.54. The van der Waals surface area contributed by atoms with E-state index in [1.807, 2.05) is 6.92 Å². The van der Waals surface area contributed by atoms with Gasteiger partial charge in [-0.3, -0.25) is 0 Å². The van der Waals surface area contributed by atoms with Gasteiger partial charge >= 0.3 is 6.18 Å². The molecular formula is C9H13F4N3. The summed E-state index contributed by atoms with van der Waals surface area (Å²) in [4.78, 5) is 0. The molecule has 92 valence electrons. The Kier molecular flexibility index (Phi) is 4.26. The van der Waals surface area contributed by atoms with Gasteiger partial charge in [-0.15, -0.1) is 5.10 Å². The van der Waals surface area contributed by atoms with Gasteiger partial charge in [0.15, 0.2) is 0 Å². The van der Waals surface area contributed by atoms with Crippen LogP contribution in [0, 0.1) is 5.95 Å². The third-order valence-corrected chi connectivity index (χ3v) is 2.17. The zero-order valence-corrected chi connectivity index (χ0v) is 8.89. The average molecular weight is 239 g/mol. The number of hydrogen-bond donors (Lipinski definition) is 0. The Labute approximate surface area is 90.4 Å². The molecule has 3 nitrogen and oxygen atoms in total. The lowest BCUT2D eigenvalue weighted by atomic mass is 10.2. The van der Waals surface area contributed by atoms with Crippen LogP contribution in [0.3, 0.4) is 0 Å². The maximum absolute atomic E-state index is 13.2. The van der Waals surface area contributed by atoms with Crippen molar-refractivity contribution < 1.29 is 17.6 Å². The zero-order chi connectivity index (χ0) is 12.2. The van der Waals surface area contributed by atoms with Gasteiger partial charge in [-0.1, -0.05) is 31.4 Å². The number of unbranched alkanes of at least 4 members (excludes halogenated alkanes) is 3. The molecular weight excluding hydrogens is 226 g/mol. The highest BCUT2D eigenvalue weighted by Gasteiger charge is 2.39. The van der Waals surface area contributed by atoms with E-state index in [0.717, 1.165) is 19.3 Å². The van der Waals surface area contributed by atoms with Gasteiger partial charge < -0.3 is 0 Å². The summed E-state index contributed by atoms with van der Waals surface area (Å²) in [5.41, 5.74) is -1.54. The van der Waals surface area contributed by atoms with Crippen LogP contribution in [-0.4, -0.2) is 15.0 Å². The van der Waals surface area contributed by atoms with E-state index in [1.54, 1.807) is 0 Å². The quantitative estimate of drug-likeness (QED) is 0.584. The molecule has 0 amide bonds. The SMILES string of the molecule is CCCCCCn1nnc(C(F)(F)F)c1F. The van der Waals surface area contributed by atoms with Crippen molar-refractivity contribution >= 4 is 0 Å². The second kappa shape index (κ2) is 5.27. The number of aryl methyl sites for hydroxylation is 1. The van der Waals surface area contributed by atoms with Crippen LogP contribution in [0.1, 0.15) is 38.3 Å². The van der Waals surface area contributed by atoms with E-state index in [1.165, 1.54) is 0 Å². The molecule has 7 heteroatoms. The van der Waals surface area contributed by atoms with Crippen molar-refractivity contribution in [3.05, 3.63) is 11.6 Å². The molecule has 0 aliphatic carbocycles. The molecule has 1 aromatic rings. The minimum Gasteiger partial charge on any atom is -0.219 e. The molecule has 0 saturated carbocycles. The molecule has 1 heterocycles. The minimum absolute atomic E-state index is 0.134. The summed E-state index contributed by atoms with van der Waals surface area (Å²) < 4.78 is 50.3. The fourth-order valence-corrected chi connectivity index (χ4v) is 1.31. The highest BCUT2D eigenvalue weighted by atomic mass is 19.4. The van der Waals surface area contributed by atoms with E-state index in [4.69, 9.17) is 0 Å². The topological polar surface area (TPSA) is 30.7 Å². The largest absolute Gasteiger partial charge is 0.439 e. The molecule has 0 radical (unpaired) electrons. The van der Waals surface area contributed by atoms with Crippen molar-refractivity contribution in [2.24, 2.45) is 0 Å². The second-order valence-electron chi connectivity index (χ2n) is 3.51. The van der Waals surface area contributed by atoms with Crippen LogP contribution < -0.4 is 0 Å². The van der Waals surface area contributed by atoms with Crippen LogP contribution in [-0.2, 0) is 12.7 Å². The Balaban J connectivity index is 2.59. The van der Waals surface area contributed by atoms with Gasteiger partial charge in [0.05, 0.1) is 0 Å². The molecule has 0 fully saturated rings. The molecule has 0 atom stereocenters. The van der Waals surface area contributed by atoms with Crippen LogP contribution in [0.5, 0.6) is 0 Å². The van der Waals surface area contributed by atoms with Crippen molar-refractivity contribution in [3.8, 4) is 0 Å². The minimum atomic E-state index is -4.77.